The lowest BCUT2D eigenvalue weighted by atomic mass is 10.2. The summed E-state index contributed by atoms with van der Waals surface area (Å²) in [5.74, 6) is 0.680. The van der Waals surface area contributed by atoms with Gasteiger partial charge in [-0.3, -0.25) is 0 Å². The third-order valence-electron chi connectivity index (χ3n) is 3.25. The molecule has 0 fully saturated rings. The van der Waals surface area contributed by atoms with Crippen LogP contribution >= 0.6 is 0 Å². The highest BCUT2D eigenvalue weighted by Crippen LogP contribution is 2.20. The number of para-hydroxylation sites is 2. The molecule has 1 N–H and O–H groups in total. The van der Waals surface area contributed by atoms with E-state index in [2.05, 4.69) is 5.32 Å². The Morgan fingerprint density at radius 1 is 0.708 bits per heavy atom. The molecule has 0 radical (unpaired) electrons. The number of hydrogen-bond acceptors (Lipinski definition) is 4. The van der Waals surface area contributed by atoms with Gasteiger partial charge in [0.05, 0.1) is 0 Å². The quantitative estimate of drug-likeness (QED) is 0.540. The third-order valence-corrected chi connectivity index (χ3v) is 3.25. The van der Waals surface area contributed by atoms with Crippen LogP contribution in [0.1, 0.15) is 0 Å². The summed E-state index contributed by atoms with van der Waals surface area (Å²) in [5, 5.41) is 3.28. The van der Waals surface area contributed by atoms with Crippen molar-refractivity contribution in [2.75, 3.05) is 11.9 Å². The number of esters is 1. The standard InChI is InChI=1S/C20H17NO3/c22-20(24-19-9-5-2-6-10-19)15-23-18-13-11-17(12-14-18)21-16-7-3-1-4-8-16/h1-14,21H,15H2. The normalized spacial score (nSPS) is 10.0. The first-order chi connectivity index (χ1) is 11.8. The zero-order valence-electron chi connectivity index (χ0n) is 13.0. The second-order valence-electron chi connectivity index (χ2n) is 5.09. The van der Waals surface area contributed by atoms with Crippen LogP contribution in [0.15, 0.2) is 84.9 Å². The molecule has 4 nitrogen and oxygen atoms in total. The second-order valence-corrected chi connectivity index (χ2v) is 5.09. The van der Waals surface area contributed by atoms with Crippen molar-refractivity contribution in [3.8, 4) is 11.5 Å². The first-order valence-electron chi connectivity index (χ1n) is 7.60. The second kappa shape index (κ2) is 7.83. The zero-order chi connectivity index (χ0) is 16.6. The maximum Gasteiger partial charge on any atom is 0.349 e. The zero-order valence-corrected chi connectivity index (χ0v) is 13.0. The summed E-state index contributed by atoms with van der Waals surface area (Å²) in [6, 6.07) is 26.2. The van der Waals surface area contributed by atoms with Crippen LogP contribution in [0.3, 0.4) is 0 Å². The van der Waals surface area contributed by atoms with Crippen LogP contribution < -0.4 is 14.8 Å². The minimum atomic E-state index is -0.437. The molecule has 0 aromatic heterocycles. The molecule has 0 unspecified atom stereocenters. The van der Waals surface area contributed by atoms with Crippen molar-refractivity contribution in [1.82, 2.24) is 0 Å². The van der Waals surface area contributed by atoms with Gasteiger partial charge in [0.1, 0.15) is 11.5 Å². The van der Waals surface area contributed by atoms with Gasteiger partial charge in [-0.2, -0.15) is 0 Å². The number of anilines is 2. The maximum atomic E-state index is 11.7. The van der Waals surface area contributed by atoms with Crippen molar-refractivity contribution >= 4 is 17.3 Å². The number of hydrogen-bond donors (Lipinski definition) is 1. The molecule has 0 spiro atoms. The fourth-order valence-electron chi connectivity index (χ4n) is 2.11. The van der Waals surface area contributed by atoms with E-state index in [1.807, 2.05) is 60.7 Å². The highest BCUT2D eigenvalue weighted by atomic mass is 16.6. The van der Waals surface area contributed by atoms with Gasteiger partial charge in [0.2, 0.25) is 0 Å². The number of benzene rings is 3. The Morgan fingerprint density at radius 3 is 1.96 bits per heavy atom. The number of carbonyl (C=O) groups excluding carboxylic acids is 1. The minimum Gasteiger partial charge on any atom is -0.482 e. The van der Waals surface area contributed by atoms with Crippen molar-refractivity contribution in [3.05, 3.63) is 84.9 Å². The summed E-state index contributed by atoms with van der Waals surface area (Å²) in [6.07, 6.45) is 0. The van der Waals surface area contributed by atoms with Crippen molar-refractivity contribution < 1.29 is 14.3 Å². The molecule has 3 rings (SSSR count). The fourth-order valence-corrected chi connectivity index (χ4v) is 2.11. The molecule has 0 saturated carbocycles. The molecule has 24 heavy (non-hydrogen) atoms. The maximum absolute atomic E-state index is 11.7. The third kappa shape index (κ3) is 4.61. The minimum absolute atomic E-state index is 0.139. The highest BCUT2D eigenvalue weighted by molar-refractivity contribution is 5.74. The van der Waals surface area contributed by atoms with Gasteiger partial charge in [0.25, 0.3) is 0 Å². The molecule has 4 heteroatoms. The van der Waals surface area contributed by atoms with Crippen molar-refractivity contribution in [2.45, 2.75) is 0 Å². The number of ether oxygens (including phenoxy) is 2. The Morgan fingerprint density at radius 2 is 1.29 bits per heavy atom. The van der Waals surface area contributed by atoms with E-state index in [0.717, 1.165) is 11.4 Å². The monoisotopic (exact) mass is 319 g/mol. The molecule has 120 valence electrons. The molecular formula is C20H17NO3. The molecule has 3 aromatic rings. The average molecular weight is 319 g/mol. The number of carbonyl (C=O) groups is 1. The van der Waals surface area contributed by atoms with E-state index >= 15 is 0 Å². The predicted molar refractivity (Wildman–Crippen MR) is 93.7 cm³/mol. The van der Waals surface area contributed by atoms with E-state index < -0.39 is 5.97 Å². The largest absolute Gasteiger partial charge is 0.482 e. The lowest BCUT2D eigenvalue weighted by Crippen LogP contribution is -2.17. The van der Waals surface area contributed by atoms with Crippen molar-refractivity contribution in [3.63, 3.8) is 0 Å². The van der Waals surface area contributed by atoms with Gasteiger partial charge in [0, 0.05) is 11.4 Å². The van der Waals surface area contributed by atoms with Crippen molar-refractivity contribution in [1.29, 1.82) is 0 Å². The first-order valence-corrected chi connectivity index (χ1v) is 7.60. The predicted octanol–water partition coefficient (Wildman–Crippen LogP) is 4.41. The lowest BCUT2D eigenvalue weighted by Gasteiger charge is -2.09. The van der Waals surface area contributed by atoms with E-state index in [4.69, 9.17) is 9.47 Å². The van der Waals surface area contributed by atoms with Gasteiger partial charge < -0.3 is 14.8 Å². The van der Waals surface area contributed by atoms with Gasteiger partial charge in [-0.25, -0.2) is 4.79 Å². The van der Waals surface area contributed by atoms with Gasteiger partial charge in [0.15, 0.2) is 6.61 Å². The molecule has 0 bridgehead atoms. The van der Waals surface area contributed by atoms with Crippen LogP contribution in [0, 0.1) is 0 Å². The van der Waals surface area contributed by atoms with Crippen LogP contribution in [0.5, 0.6) is 11.5 Å². The summed E-state index contributed by atoms with van der Waals surface area (Å²) in [6.45, 7) is -0.139. The summed E-state index contributed by atoms with van der Waals surface area (Å²) < 4.78 is 10.6. The summed E-state index contributed by atoms with van der Waals surface area (Å²) >= 11 is 0. The van der Waals surface area contributed by atoms with Gasteiger partial charge in [-0.05, 0) is 48.5 Å². The number of rotatable bonds is 6. The molecule has 0 saturated heterocycles. The van der Waals surface area contributed by atoms with E-state index in [1.54, 1.807) is 24.3 Å². The Labute approximate surface area is 140 Å². The van der Waals surface area contributed by atoms with Gasteiger partial charge in [-0.15, -0.1) is 0 Å². The molecule has 0 amide bonds. The topological polar surface area (TPSA) is 47.6 Å². The summed E-state index contributed by atoms with van der Waals surface area (Å²) in [5.41, 5.74) is 1.96. The molecule has 0 aliphatic carbocycles. The fraction of sp³-hybridized carbons (Fsp3) is 0.0500. The molecule has 0 heterocycles. The Bertz CT molecular complexity index is 771. The van der Waals surface area contributed by atoms with Gasteiger partial charge >= 0.3 is 5.97 Å². The highest BCUT2D eigenvalue weighted by Gasteiger charge is 2.06. The SMILES string of the molecule is O=C(COc1ccc(Nc2ccccc2)cc1)Oc1ccccc1. The van der Waals surface area contributed by atoms with E-state index in [0.29, 0.717) is 11.5 Å². The summed E-state index contributed by atoms with van der Waals surface area (Å²) in [7, 11) is 0. The van der Waals surface area contributed by atoms with Crippen LogP contribution in [-0.4, -0.2) is 12.6 Å². The molecular weight excluding hydrogens is 302 g/mol. The van der Waals surface area contributed by atoms with E-state index in [9.17, 15) is 4.79 Å². The van der Waals surface area contributed by atoms with Crippen LogP contribution in [-0.2, 0) is 4.79 Å². The lowest BCUT2D eigenvalue weighted by molar-refractivity contribution is -0.136. The molecule has 0 aliphatic heterocycles. The molecule has 0 aliphatic rings. The summed E-state index contributed by atoms with van der Waals surface area (Å²) in [4.78, 5) is 11.7. The van der Waals surface area contributed by atoms with E-state index in [-0.39, 0.29) is 6.61 Å². The van der Waals surface area contributed by atoms with E-state index in [1.165, 1.54) is 0 Å². The Hall–Kier alpha value is -3.27. The van der Waals surface area contributed by atoms with Crippen molar-refractivity contribution in [2.24, 2.45) is 0 Å². The average Bonchev–Trinajstić information content (AvgIpc) is 2.63. The number of nitrogens with one attached hydrogen (secondary N) is 1. The van der Waals surface area contributed by atoms with Crippen LogP contribution in [0.4, 0.5) is 11.4 Å². The Balaban J connectivity index is 1.50. The first kappa shape index (κ1) is 15.6. The molecule has 0 atom stereocenters. The van der Waals surface area contributed by atoms with Crippen LogP contribution in [0.2, 0.25) is 0 Å². The molecule has 3 aromatic carbocycles. The van der Waals surface area contributed by atoms with Crippen LogP contribution in [0.25, 0.3) is 0 Å². The van der Waals surface area contributed by atoms with Gasteiger partial charge in [-0.1, -0.05) is 36.4 Å². The Kier molecular flexibility index (Phi) is 5.10. The smallest absolute Gasteiger partial charge is 0.349 e.